The van der Waals surface area contributed by atoms with Crippen LogP contribution in [0.25, 0.3) is 0 Å². The largest absolute Gasteiger partial charge is 0.493 e. The third kappa shape index (κ3) is 5.44. The van der Waals surface area contributed by atoms with Gasteiger partial charge < -0.3 is 10.1 Å². The smallest absolute Gasteiger partial charge is 0.259 e. The lowest BCUT2D eigenvalue weighted by Crippen LogP contribution is -2.34. The zero-order valence-corrected chi connectivity index (χ0v) is 15.2. The Morgan fingerprint density at radius 3 is 2.62 bits per heavy atom. The molecule has 2 aromatic carbocycles. The van der Waals surface area contributed by atoms with E-state index in [0.717, 1.165) is 16.7 Å². The lowest BCUT2D eigenvalue weighted by atomic mass is 10.1. The molecule has 136 valence electrons. The van der Waals surface area contributed by atoms with E-state index < -0.39 is 5.91 Å². The fourth-order valence-electron chi connectivity index (χ4n) is 2.23. The second-order valence-corrected chi connectivity index (χ2v) is 5.75. The molecule has 0 bridgehead atoms. The molecule has 6 nitrogen and oxygen atoms in total. The summed E-state index contributed by atoms with van der Waals surface area (Å²) in [5.41, 5.74) is 5.81. The van der Waals surface area contributed by atoms with Crippen molar-refractivity contribution in [1.29, 1.82) is 0 Å². The number of ether oxygens (including phenoxy) is 1. The lowest BCUT2D eigenvalue weighted by Gasteiger charge is -2.07. The Morgan fingerprint density at radius 1 is 1.12 bits per heavy atom. The Bertz CT molecular complexity index is 816. The number of nitrogens with zero attached hydrogens (tertiary/aromatic N) is 1. The van der Waals surface area contributed by atoms with Crippen LogP contribution in [-0.4, -0.2) is 31.2 Å². The normalized spacial score (nSPS) is 10.6. The summed E-state index contributed by atoms with van der Waals surface area (Å²) in [5.74, 6) is -0.0164. The summed E-state index contributed by atoms with van der Waals surface area (Å²) in [7, 11) is 0. The quantitative estimate of drug-likeness (QED) is 0.593. The van der Waals surface area contributed by atoms with Crippen molar-refractivity contribution >= 4 is 18.0 Å². The Balaban J connectivity index is 1.85. The van der Waals surface area contributed by atoms with Gasteiger partial charge in [-0.3, -0.25) is 9.59 Å². The molecule has 26 heavy (non-hydrogen) atoms. The summed E-state index contributed by atoms with van der Waals surface area (Å²) < 4.78 is 5.48. The van der Waals surface area contributed by atoms with Crippen LogP contribution in [0.4, 0.5) is 0 Å². The van der Waals surface area contributed by atoms with E-state index in [4.69, 9.17) is 4.74 Å². The van der Waals surface area contributed by atoms with Gasteiger partial charge in [0.1, 0.15) is 5.75 Å². The van der Waals surface area contributed by atoms with Crippen LogP contribution in [0.1, 0.15) is 34.0 Å². The van der Waals surface area contributed by atoms with Gasteiger partial charge in [-0.25, -0.2) is 5.43 Å². The number of hydrazone groups is 1. The molecule has 0 saturated heterocycles. The average Bonchev–Trinajstić information content (AvgIpc) is 2.63. The van der Waals surface area contributed by atoms with Crippen molar-refractivity contribution in [3.05, 3.63) is 64.7 Å². The van der Waals surface area contributed by atoms with Gasteiger partial charge in [-0.2, -0.15) is 5.10 Å². The monoisotopic (exact) mass is 353 g/mol. The molecule has 0 spiro atoms. The maximum absolute atomic E-state index is 12.1. The first kappa shape index (κ1) is 19.2. The molecule has 0 atom stereocenters. The third-order valence-corrected chi connectivity index (χ3v) is 3.79. The number of nitrogens with one attached hydrogen (secondary N) is 2. The van der Waals surface area contributed by atoms with Gasteiger partial charge in [0, 0.05) is 11.1 Å². The molecule has 0 unspecified atom stereocenters. The highest BCUT2D eigenvalue weighted by molar-refractivity contribution is 5.96. The number of hydrogen-bond acceptors (Lipinski definition) is 4. The molecule has 0 aliphatic carbocycles. The molecule has 0 aromatic heterocycles. The first-order valence-corrected chi connectivity index (χ1v) is 8.40. The first-order valence-electron chi connectivity index (χ1n) is 8.40. The van der Waals surface area contributed by atoms with Crippen molar-refractivity contribution in [2.24, 2.45) is 5.10 Å². The van der Waals surface area contributed by atoms with Gasteiger partial charge in [-0.05, 0) is 56.2 Å². The summed E-state index contributed by atoms with van der Waals surface area (Å²) in [6.45, 7) is 6.20. The molecule has 0 aliphatic rings. The summed E-state index contributed by atoms with van der Waals surface area (Å²) in [4.78, 5) is 23.9. The molecule has 0 radical (unpaired) electrons. The predicted octanol–water partition coefficient (Wildman–Crippen LogP) is 2.58. The summed E-state index contributed by atoms with van der Waals surface area (Å²) in [6, 6.07) is 12.8. The minimum atomic E-state index is -0.410. The summed E-state index contributed by atoms with van der Waals surface area (Å²) >= 11 is 0. The zero-order chi connectivity index (χ0) is 18.9. The number of benzene rings is 2. The standard InChI is InChI=1S/C20H23N3O3/c1-4-26-18-8-6-5-7-17(18)12-22-23-19(24)13-21-20(25)16-10-9-14(2)15(3)11-16/h5-12H,4,13H2,1-3H3,(H,21,25)(H,23,24)/b22-12-. The molecule has 2 N–H and O–H groups in total. The van der Waals surface area contributed by atoms with E-state index in [0.29, 0.717) is 17.9 Å². The highest BCUT2D eigenvalue weighted by Crippen LogP contribution is 2.15. The number of para-hydroxylation sites is 1. The van der Waals surface area contributed by atoms with Crippen molar-refractivity contribution in [3.8, 4) is 5.75 Å². The number of rotatable bonds is 7. The minimum absolute atomic E-state index is 0.157. The molecule has 6 heteroatoms. The van der Waals surface area contributed by atoms with Gasteiger partial charge in [0.05, 0.1) is 19.4 Å². The highest BCUT2D eigenvalue weighted by atomic mass is 16.5. The summed E-state index contributed by atoms with van der Waals surface area (Å²) in [6.07, 6.45) is 1.51. The SMILES string of the molecule is CCOc1ccccc1/C=N\NC(=O)CNC(=O)c1ccc(C)c(C)c1. The highest BCUT2D eigenvalue weighted by Gasteiger charge is 2.08. The van der Waals surface area contributed by atoms with Crippen LogP contribution in [0.3, 0.4) is 0 Å². The van der Waals surface area contributed by atoms with E-state index in [1.165, 1.54) is 6.21 Å². The summed E-state index contributed by atoms with van der Waals surface area (Å²) in [5, 5.41) is 6.48. The fourth-order valence-corrected chi connectivity index (χ4v) is 2.23. The van der Waals surface area contributed by atoms with E-state index in [1.807, 2.05) is 51.1 Å². The van der Waals surface area contributed by atoms with Crippen molar-refractivity contribution in [2.75, 3.05) is 13.2 Å². The lowest BCUT2D eigenvalue weighted by molar-refractivity contribution is -0.120. The molecule has 0 aliphatic heterocycles. The van der Waals surface area contributed by atoms with Gasteiger partial charge in [0.25, 0.3) is 11.8 Å². The molecule has 2 amide bonds. The van der Waals surface area contributed by atoms with E-state index in [-0.39, 0.29) is 12.5 Å². The molecule has 0 fully saturated rings. The third-order valence-electron chi connectivity index (χ3n) is 3.79. The number of carbonyl (C=O) groups excluding carboxylic acids is 2. The molecule has 0 heterocycles. The van der Waals surface area contributed by atoms with Crippen LogP contribution >= 0.6 is 0 Å². The van der Waals surface area contributed by atoms with Gasteiger partial charge in [-0.15, -0.1) is 0 Å². The van der Waals surface area contributed by atoms with Gasteiger partial charge in [-0.1, -0.05) is 18.2 Å². The van der Waals surface area contributed by atoms with E-state index in [9.17, 15) is 9.59 Å². The van der Waals surface area contributed by atoms with E-state index >= 15 is 0 Å². The van der Waals surface area contributed by atoms with Crippen LogP contribution in [0.15, 0.2) is 47.6 Å². The Labute approximate surface area is 153 Å². The molecular formula is C20H23N3O3. The van der Waals surface area contributed by atoms with Crippen molar-refractivity contribution in [1.82, 2.24) is 10.7 Å². The zero-order valence-electron chi connectivity index (χ0n) is 15.2. The van der Waals surface area contributed by atoms with Gasteiger partial charge in [0.15, 0.2) is 0 Å². The van der Waals surface area contributed by atoms with E-state index in [1.54, 1.807) is 12.1 Å². The van der Waals surface area contributed by atoms with Crippen LogP contribution < -0.4 is 15.5 Å². The Hall–Kier alpha value is -3.15. The fraction of sp³-hybridized carbons (Fsp3) is 0.250. The predicted molar refractivity (Wildman–Crippen MR) is 102 cm³/mol. The van der Waals surface area contributed by atoms with Crippen LogP contribution in [0.2, 0.25) is 0 Å². The van der Waals surface area contributed by atoms with Crippen LogP contribution in [0, 0.1) is 13.8 Å². The number of hydrogen-bond donors (Lipinski definition) is 2. The molecule has 2 rings (SSSR count). The average molecular weight is 353 g/mol. The van der Waals surface area contributed by atoms with E-state index in [2.05, 4.69) is 15.8 Å². The second-order valence-electron chi connectivity index (χ2n) is 5.75. The number of carbonyl (C=O) groups is 2. The first-order chi connectivity index (χ1) is 12.5. The number of aryl methyl sites for hydroxylation is 2. The minimum Gasteiger partial charge on any atom is -0.493 e. The molecule has 2 aromatic rings. The van der Waals surface area contributed by atoms with Crippen molar-refractivity contribution < 1.29 is 14.3 Å². The van der Waals surface area contributed by atoms with Crippen molar-refractivity contribution in [3.63, 3.8) is 0 Å². The maximum atomic E-state index is 12.1. The van der Waals surface area contributed by atoms with Crippen LogP contribution in [0.5, 0.6) is 5.75 Å². The van der Waals surface area contributed by atoms with Gasteiger partial charge in [0.2, 0.25) is 0 Å². The molecule has 0 saturated carbocycles. The van der Waals surface area contributed by atoms with Gasteiger partial charge >= 0.3 is 0 Å². The molecular weight excluding hydrogens is 330 g/mol. The number of amides is 2. The van der Waals surface area contributed by atoms with Crippen molar-refractivity contribution in [2.45, 2.75) is 20.8 Å². The topological polar surface area (TPSA) is 79.8 Å². The second kappa shape index (κ2) is 9.36. The van der Waals surface area contributed by atoms with Crippen LogP contribution in [-0.2, 0) is 4.79 Å². The Kier molecular flexibility index (Phi) is 6.91. The maximum Gasteiger partial charge on any atom is 0.259 e. The Morgan fingerprint density at radius 2 is 1.88 bits per heavy atom.